The Morgan fingerprint density at radius 1 is 1.10 bits per heavy atom. The van der Waals surface area contributed by atoms with E-state index in [1.165, 1.54) is 5.56 Å². The molecular weight excluding hydrogens is 366 g/mol. The lowest BCUT2D eigenvalue weighted by molar-refractivity contribution is 0.171. The number of aromatic nitrogens is 1. The summed E-state index contributed by atoms with van der Waals surface area (Å²) in [5.74, 6) is 2.54. The molecule has 0 bridgehead atoms. The third-order valence-electron chi connectivity index (χ3n) is 4.33. The normalized spacial score (nSPS) is 11.3. The number of anilines is 1. The van der Waals surface area contributed by atoms with Crippen molar-refractivity contribution in [3.05, 3.63) is 53.2 Å². The topological polar surface area (TPSA) is 71.0 Å². The highest BCUT2D eigenvalue weighted by Gasteiger charge is 2.07. The summed E-state index contributed by atoms with van der Waals surface area (Å²) in [4.78, 5) is 10.9. The molecule has 2 rings (SSSR count). The number of hydrogen-bond acceptors (Lipinski definition) is 5. The van der Waals surface area contributed by atoms with E-state index in [0.717, 1.165) is 29.2 Å². The average molecular weight is 400 g/mol. The highest BCUT2D eigenvalue weighted by atomic mass is 16.5. The Labute approximate surface area is 174 Å². The summed E-state index contributed by atoms with van der Waals surface area (Å²) in [6, 6.07) is 12.2. The van der Waals surface area contributed by atoms with Gasteiger partial charge in [-0.3, -0.25) is 4.99 Å². The monoisotopic (exact) mass is 399 g/mol. The number of pyridine rings is 1. The molecule has 0 radical (unpaired) electrons. The Bertz CT molecular complexity index is 793. The first-order chi connectivity index (χ1) is 14.0. The van der Waals surface area contributed by atoms with Gasteiger partial charge in [0.05, 0.1) is 18.8 Å². The molecule has 0 amide bonds. The van der Waals surface area contributed by atoms with E-state index in [1.807, 2.05) is 37.2 Å². The van der Waals surface area contributed by atoms with Crippen LogP contribution in [0.25, 0.3) is 0 Å². The molecule has 158 valence electrons. The minimum absolute atomic E-state index is 0.593. The van der Waals surface area contributed by atoms with Gasteiger partial charge in [0.15, 0.2) is 5.96 Å². The minimum atomic E-state index is 0.593. The van der Waals surface area contributed by atoms with Gasteiger partial charge in [-0.2, -0.15) is 0 Å². The smallest absolute Gasteiger partial charge is 0.191 e. The summed E-state index contributed by atoms with van der Waals surface area (Å²) in [7, 11) is 7.43. The van der Waals surface area contributed by atoms with Crippen molar-refractivity contribution in [2.75, 3.05) is 46.4 Å². The summed E-state index contributed by atoms with van der Waals surface area (Å²) in [6.07, 6.45) is 0.861. The zero-order valence-corrected chi connectivity index (χ0v) is 18.2. The molecule has 0 aliphatic heterocycles. The summed E-state index contributed by atoms with van der Waals surface area (Å²) in [5.41, 5.74) is 3.21. The van der Waals surface area contributed by atoms with Crippen LogP contribution in [0.4, 0.5) is 5.82 Å². The molecule has 1 aromatic carbocycles. The molecule has 1 aromatic heterocycles. The summed E-state index contributed by atoms with van der Waals surface area (Å²) in [6.45, 7) is 4.60. The molecule has 2 N–H and O–H groups in total. The second-order valence-electron chi connectivity index (χ2n) is 6.97. The van der Waals surface area contributed by atoms with Crippen molar-refractivity contribution in [1.29, 1.82) is 0 Å². The largest absolute Gasteiger partial charge is 0.493 e. The first-order valence-corrected chi connectivity index (χ1v) is 9.82. The second-order valence-corrected chi connectivity index (χ2v) is 6.97. The maximum absolute atomic E-state index is 5.96. The molecule has 2 aromatic rings. The van der Waals surface area contributed by atoms with Crippen molar-refractivity contribution < 1.29 is 9.47 Å². The van der Waals surface area contributed by atoms with E-state index in [-0.39, 0.29) is 0 Å². The molecule has 29 heavy (non-hydrogen) atoms. The molecule has 0 fully saturated rings. The average Bonchev–Trinajstić information content (AvgIpc) is 2.72. The van der Waals surface area contributed by atoms with E-state index < -0.39 is 0 Å². The van der Waals surface area contributed by atoms with Gasteiger partial charge in [0.2, 0.25) is 0 Å². The van der Waals surface area contributed by atoms with Gasteiger partial charge in [0.25, 0.3) is 0 Å². The van der Waals surface area contributed by atoms with E-state index in [4.69, 9.17) is 9.47 Å². The molecule has 0 saturated carbocycles. The molecule has 7 nitrogen and oxygen atoms in total. The number of aryl methyl sites for hydroxylation is 1. The Kier molecular flexibility index (Phi) is 9.24. The number of hydrogen-bond donors (Lipinski definition) is 2. The number of ether oxygens (including phenoxy) is 2. The van der Waals surface area contributed by atoms with E-state index in [9.17, 15) is 0 Å². The molecule has 0 atom stereocenters. The summed E-state index contributed by atoms with van der Waals surface area (Å²) in [5, 5.41) is 6.66. The van der Waals surface area contributed by atoms with E-state index in [2.05, 4.69) is 45.7 Å². The van der Waals surface area contributed by atoms with Gasteiger partial charge in [-0.15, -0.1) is 0 Å². The van der Waals surface area contributed by atoms with Crippen molar-refractivity contribution in [3.63, 3.8) is 0 Å². The van der Waals surface area contributed by atoms with E-state index >= 15 is 0 Å². The molecule has 1 heterocycles. The number of rotatable bonds is 10. The summed E-state index contributed by atoms with van der Waals surface area (Å²) >= 11 is 0. The van der Waals surface area contributed by atoms with Gasteiger partial charge >= 0.3 is 0 Å². The van der Waals surface area contributed by atoms with Gasteiger partial charge in [-0.25, -0.2) is 4.98 Å². The fraction of sp³-hybridized carbons (Fsp3) is 0.455. The van der Waals surface area contributed by atoms with Crippen molar-refractivity contribution in [2.24, 2.45) is 4.99 Å². The quantitative estimate of drug-likeness (QED) is 0.364. The third-order valence-corrected chi connectivity index (χ3v) is 4.33. The van der Waals surface area contributed by atoms with Crippen LogP contribution in [0.5, 0.6) is 5.75 Å². The van der Waals surface area contributed by atoms with Crippen molar-refractivity contribution in [2.45, 2.75) is 26.4 Å². The molecule has 0 aliphatic carbocycles. The second kappa shape index (κ2) is 11.9. The van der Waals surface area contributed by atoms with Gasteiger partial charge in [0.1, 0.15) is 11.6 Å². The number of guanidine groups is 1. The zero-order chi connectivity index (χ0) is 21.1. The number of benzene rings is 1. The first-order valence-electron chi connectivity index (χ1n) is 9.82. The van der Waals surface area contributed by atoms with Crippen molar-refractivity contribution in [3.8, 4) is 5.75 Å². The molecule has 7 heteroatoms. The van der Waals surface area contributed by atoms with Gasteiger partial charge in [0, 0.05) is 53.4 Å². The highest BCUT2D eigenvalue weighted by Crippen LogP contribution is 2.20. The van der Waals surface area contributed by atoms with Crippen LogP contribution in [-0.2, 0) is 17.8 Å². The lowest BCUT2D eigenvalue weighted by Crippen LogP contribution is -2.36. The van der Waals surface area contributed by atoms with Crippen LogP contribution in [0.15, 0.2) is 41.4 Å². The van der Waals surface area contributed by atoms with Crippen LogP contribution >= 0.6 is 0 Å². The van der Waals surface area contributed by atoms with Gasteiger partial charge in [-0.1, -0.05) is 18.2 Å². The maximum atomic E-state index is 5.96. The minimum Gasteiger partial charge on any atom is -0.493 e. The van der Waals surface area contributed by atoms with Gasteiger partial charge in [-0.05, 0) is 30.7 Å². The number of methoxy groups -OCH3 is 1. The first kappa shape index (κ1) is 22.5. The van der Waals surface area contributed by atoms with Crippen LogP contribution in [0.3, 0.4) is 0 Å². The molecule has 0 aliphatic rings. The lowest BCUT2D eigenvalue weighted by Gasteiger charge is -2.16. The molecule has 0 unspecified atom stereocenters. The third kappa shape index (κ3) is 7.62. The van der Waals surface area contributed by atoms with Crippen LogP contribution < -0.4 is 20.3 Å². The Morgan fingerprint density at radius 3 is 2.62 bits per heavy atom. The van der Waals surface area contributed by atoms with Crippen molar-refractivity contribution >= 4 is 11.8 Å². The van der Waals surface area contributed by atoms with Crippen molar-refractivity contribution in [1.82, 2.24) is 15.6 Å². The Hall–Kier alpha value is -2.80. The van der Waals surface area contributed by atoms with E-state index in [0.29, 0.717) is 32.3 Å². The predicted molar refractivity (Wildman–Crippen MR) is 119 cm³/mol. The number of aliphatic imine (C=N–C) groups is 1. The SMILES string of the molecule is CN=C(NCc1cccc(N(C)C)n1)NCc1ccc(C)cc1OCCCOC. The van der Waals surface area contributed by atoms with Crippen LogP contribution in [0, 0.1) is 6.92 Å². The molecule has 0 spiro atoms. The van der Waals surface area contributed by atoms with E-state index in [1.54, 1.807) is 14.2 Å². The fourth-order valence-electron chi connectivity index (χ4n) is 2.72. The highest BCUT2D eigenvalue weighted by molar-refractivity contribution is 5.79. The van der Waals surface area contributed by atoms with Crippen LogP contribution in [-0.4, -0.2) is 52.4 Å². The standard InChI is InChI=1S/C22H33N5O2/c1-17-10-11-18(20(14-17)29-13-7-12-28-5)15-24-22(23-2)25-16-19-8-6-9-21(26-19)27(3)4/h6,8-11,14H,7,12-13,15-16H2,1-5H3,(H2,23,24,25). The number of nitrogens with one attached hydrogen (secondary N) is 2. The summed E-state index contributed by atoms with van der Waals surface area (Å²) < 4.78 is 11.0. The molecule has 0 saturated heterocycles. The Balaban J connectivity index is 1.92. The number of nitrogens with zero attached hydrogens (tertiary/aromatic N) is 3. The molecular formula is C22H33N5O2. The predicted octanol–water partition coefficient (Wildman–Crippen LogP) is 2.74. The fourth-order valence-corrected chi connectivity index (χ4v) is 2.72. The van der Waals surface area contributed by atoms with Crippen LogP contribution in [0.2, 0.25) is 0 Å². The zero-order valence-electron chi connectivity index (χ0n) is 18.2. The Morgan fingerprint density at radius 2 is 1.90 bits per heavy atom. The lowest BCUT2D eigenvalue weighted by atomic mass is 10.1. The van der Waals surface area contributed by atoms with Gasteiger partial charge < -0.3 is 25.0 Å². The van der Waals surface area contributed by atoms with Crippen LogP contribution in [0.1, 0.15) is 23.2 Å². The maximum Gasteiger partial charge on any atom is 0.191 e.